The van der Waals surface area contributed by atoms with Gasteiger partial charge >= 0.3 is 0 Å². The smallest absolute Gasteiger partial charge is 0.184 e. The molecule has 2 heterocycles. The van der Waals surface area contributed by atoms with E-state index in [1.165, 1.54) is 145 Å². The number of ether oxygens (including phenoxy) is 4. The molecule has 0 bridgehead atoms. The fraction of sp³-hybridized carbons (Fsp3) is 0.739. The third-order valence-electron chi connectivity index (χ3n) is 12.4. The van der Waals surface area contributed by atoms with Gasteiger partial charge in [0.05, 0.1) is 25.4 Å². The second kappa shape index (κ2) is 21.7. The Morgan fingerprint density at radius 1 is 0.500 bits per heavy atom. The zero-order chi connectivity index (χ0) is 35.0. The minimum absolute atomic E-state index is 0.00875. The minimum atomic E-state index is -0.259. The molecule has 50 heavy (non-hydrogen) atoms. The van der Waals surface area contributed by atoms with Crippen LogP contribution < -0.4 is 0 Å². The highest BCUT2D eigenvalue weighted by Crippen LogP contribution is 2.41. The second-order valence-electron chi connectivity index (χ2n) is 16.2. The van der Waals surface area contributed by atoms with E-state index in [1.54, 1.807) is 0 Å². The molecule has 5 rings (SSSR count). The Balaban J connectivity index is 0.993. The third-order valence-corrected chi connectivity index (χ3v) is 12.4. The number of unbranched alkanes of at least 4 members (excludes halogenated alkanes) is 12. The predicted molar refractivity (Wildman–Crippen MR) is 208 cm³/mol. The fourth-order valence-corrected chi connectivity index (χ4v) is 8.70. The Labute approximate surface area is 306 Å². The minimum Gasteiger partial charge on any atom is -0.352 e. The molecular weight excluding hydrogens is 617 g/mol. The molecule has 1 aliphatic carbocycles. The van der Waals surface area contributed by atoms with Crippen LogP contribution >= 0.6 is 0 Å². The Hall–Kier alpha value is -1.72. The van der Waals surface area contributed by atoms with Gasteiger partial charge in [0.15, 0.2) is 12.6 Å². The van der Waals surface area contributed by atoms with Crippen molar-refractivity contribution in [2.75, 3.05) is 13.2 Å². The summed E-state index contributed by atoms with van der Waals surface area (Å²) in [7, 11) is 0. The summed E-state index contributed by atoms with van der Waals surface area (Å²) in [4.78, 5) is 0. The lowest BCUT2D eigenvalue weighted by Crippen LogP contribution is -2.42. The van der Waals surface area contributed by atoms with Crippen LogP contribution in [0.25, 0.3) is 11.1 Å². The van der Waals surface area contributed by atoms with Crippen LogP contribution in [0.3, 0.4) is 0 Å². The van der Waals surface area contributed by atoms with Crippen molar-refractivity contribution in [2.24, 2.45) is 17.8 Å². The lowest BCUT2D eigenvalue weighted by molar-refractivity contribution is -0.257. The molecule has 3 fully saturated rings. The van der Waals surface area contributed by atoms with Gasteiger partial charge in [0.25, 0.3) is 0 Å². The van der Waals surface area contributed by atoms with Gasteiger partial charge in [-0.1, -0.05) is 152 Å². The first kappa shape index (κ1) is 39.5. The molecule has 2 aliphatic heterocycles. The average Bonchev–Trinajstić information content (AvgIpc) is 3.15. The van der Waals surface area contributed by atoms with Gasteiger partial charge in [-0.2, -0.15) is 0 Å². The number of rotatable bonds is 20. The molecule has 4 heteroatoms. The van der Waals surface area contributed by atoms with Crippen LogP contribution in [0.2, 0.25) is 0 Å². The molecule has 2 aromatic rings. The van der Waals surface area contributed by atoms with E-state index in [0.717, 1.165) is 18.8 Å². The summed E-state index contributed by atoms with van der Waals surface area (Å²) >= 11 is 0. The zero-order valence-electron chi connectivity index (χ0n) is 32.4. The van der Waals surface area contributed by atoms with Crippen molar-refractivity contribution < 1.29 is 18.9 Å². The summed E-state index contributed by atoms with van der Waals surface area (Å²) < 4.78 is 25.5. The molecule has 1 saturated carbocycles. The molecule has 3 aliphatic rings. The van der Waals surface area contributed by atoms with Crippen molar-refractivity contribution in [2.45, 2.75) is 187 Å². The lowest BCUT2D eigenvalue weighted by atomic mass is 9.78. The van der Waals surface area contributed by atoms with Crippen molar-refractivity contribution in [1.29, 1.82) is 0 Å². The Morgan fingerprint density at radius 2 is 0.960 bits per heavy atom. The molecule has 0 radical (unpaired) electrons. The summed E-state index contributed by atoms with van der Waals surface area (Å²) in [5.41, 5.74) is 5.11. The third kappa shape index (κ3) is 12.2. The molecule has 2 aromatic carbocycles. The van der Waals surface area contributed by atoms with E-state index >= 15 is 0 Å². The Bertz CT molecular complexity index is 1170. The molecular formula is C46H72O4. The van der Waals surface area contributed by atoms with E-state index in [9.17, 15) is 0 Å². The Kier molecular flexibility index (Phi) is 17.2. The van der Waals surface area contributed by atoms with Crippen LogP contribution in [0.5, 0.6) is 0 Å². The van der Waals surface area contributed by atoms with Gasteiger partial charge in [0.1, 0.15) is 0 Å². The van der Waals surface area contributed by atoms with Gasteiger partial charge in [-0.25, -0.2) is 0 Å². The molecule has 2 saturated heterocycles. The van der Waals surface area contributed by atoms with Crippen LogP contribution in [-0.4, -0.2) is 31.7 Å². The largest absolute Gasteiger partial charge is 0.352 e. The summed E-state index contributed by atoms with van der Waals surface area (Å²) in [6, 6.07) is 18.2. The molecule has 0 aromatic heterocycles. The standard InChI is InChI=1S/C46H72O4/c1-5-7-9-11-13-15-17-19-43-33-47-45(49-35(43)3)41-29-25-39(26-30-41)37-21-23-38(24-22-37)40-27-31-42(32-28-40)46-48-34-44(36(4)50-46)20-18-16-14-12-10-8-6-2/h21-26,29-30,35-36,40,42-46H,5-20,27-28,31-34H2,1-4H3/t35?,36?,40?,42?,43-,44-,45-,46-/m1/s1. The van der Waals surface area contributed by atoms with Crippen molar-refractivity contribution in [3.8, 4) is 11.1 Å². The SMILES string of the molecule is CCCCCCCCC[C@@H]1CO[C@@H](c2ccc(-c3ccc(C4CCC([C@@H]5OC[C@@H](CCCCCCCCC)C(C)O5)CC4)cc3)cc2)OC1C. The highest BCUT2D eigenvalue weighted by Gasteiger charge is 2.36. The predicted octanol–water partition coefficient (Wildman–Crippen LogP) is 13.3. The summed E-state index contributed by atoms with van der Waals surface area (Å²) in [6.07, 6.45) is 26.6. The van der Waals surface area contributed by atoms with Crippen LogP contribution in [-0.2, 0) is 18.9 Å². The van der Waals surface area contributed by atoms with Crippen LogP contribution in [0.4, 0.5) is 0 Å². The van der Waals surface area contributed by atoms with E-state index in [1.807, 2.05) is 0 Å². The zero-order valence-corrected chi connectivity index (χ0v) is 32.4. The summed E-state index contributed by atoms with van der Waals surface area (Å²) in [5.74, 6) is 2.22. The van der Waals surface area contributed by atoms with Crippen molar-refractivity contribution in [3.63, 3.8) is 0 Å². The molecule has 0 N–H and O–H groups in total. The van der Waals surface area contributed by atoms with E-state index in [0.29, 0.717) is 29.8 Å². The molecule has 6 atom stereocenters. The molecule has 2 unspecified atom stereocenters. The number of benzene rings is 2. The van der Waals surface area contributed by atoms with Crippen LogP contribution in [0.15, 0.2) is 48.5 Å². The van der Waals surface area contributed by atoms with E-state index < -0.39 is 0 Å². The average molecular weight is 689 g/mol. The fourth-order valence-electron chi connectivity index (χ4n) is 8.70. The van der Waals surface area contributed by atoms with E-state index in [4.69, 9.17) is 18.9 Å². The highest BCUT2D eigenvalue weighted by molar-refractivity contribution is 5.64. The first-order valence-electron chi connectivity index (χ1n) is 21.3. The van der Waals surface area contributed by atoms with Gasteiger partial charge in [0.2, 0.25) is 0 Å². The van der Waals surface area contributed by atoms with Crippen molar-refractivity contribution >= 4 is 0 Å². The summed E-state index contributed by atoms with van der Waals surface area (Å²) in [6.45, 7) is 10.8. The summed E-state index contributed by atoms with van der Waals surface area (Å²) in [5, 5.41) is 0. The molecule has 0 amide bonds. The molecule has 280 valence electrons. The van der Waals surface area contributed by atoms with Crippen LogP contribution in [0, 0.1) is 17.8 Å². The monoisotopic (exact) mass is 689 g/mol. The Morgan fingerprint density at radius 3 is 1.46 bits per heavy atom. The number of hydrogen-bond acceptors (Lipinski definition) is 4. The van der Waals surface area contributed by atoms with Gasteiger partial charge in [0, 0.05) is 23.3 Å². The van der Waals surface area contributed by atoms with Crippen LogP contribution in [0.1, 0.15) is 179 Å². The van der Waals surface area contributed by atoms with Gasteiger partial charge in [-0.3, -0.25) is 0 Å². The maximum absolute atomic E-state index is 6.50. The van der Waals surface area contributed by atoms with E-state index in [-0.39, 0.29) is 18.7 Å². The molecule has 0 spiro atoms. The quantitative estimate of drug-likeness (QED) is 0.130. The lowest BCUT2D eigenvalue weighted by Gasteiger charge is -2.40. The first-order valence-corrected chi connectivity index (χ1v) is 21.3. The van der Waals surface area contributed by atoms with Gasteiger partial charge < -0.3 is 18.9 Å². The van der Waals surface area contributed by atoms with Gasteiger partial charge in [-0.15, -0.1) is 0 Å². The topological polar surface area (TPSA) is 36.9 Å². The maximum atomic E-state index is 6.50. The second-order valence-corrected chi connectivity index (χ2v) is 16.2. The van der Waals surface area contributed by atoms with Crippen molar-refractivity contribution in [3.05, 3.63) is 59.7 Å². The molecule has 4 nitrogen and oxygen atoms in total. The van der Waals surface area contributed by atoms with E-state index in [2.05, 4.69) is 76.2 Å². The normalized spacial score (nSPS) is 28.9. The van der Waals surface area contributed by atoms with Crippen molar-refractivity contribution in [1.82, 2.24) is 0 Å². The highest BCUT2D eigenvalue weighted by atomic mass is 16.7. The maximum Gasteiger partial charge on any atom is 0.184 e. The number of hydrogen-bond donors (Lipinski definition) is 0. The van der Waals surface area contributed by atoms with Gasteiger partial charge in [-0.05, 0) is 75.0 Å². The first-order chi connectivity index (χ1) is 24.6.